The largest absolute Gasteiger partial charge is 0.460 e. The summed E-state index contributed by atoms with van der Waals surface area (Å²) < 4.78 is 45.6. The van der Waals surface area contributed by atoms with Gasteiger partial charge in [-0.15, -0.1) is 0 Å². The molecule has 0 unspecified atom stereocenters. The summed E-state index contributed by atoms with van der Waals surface area (Å²) in [6, 6.07) is 54.2. The summed E-state index contributed by atoms with van der Waals surface area (Å²) in [5, 5.41) is 11.3. The Bertz CT molecular complexity index is 2170. The molecule has 0 saturated carbocycles. The van der Waals surface area contributed by atoms with E-state index >= 15 is 0 Å². The van der Waals surface area contributed by atoms with E-state index in [1.165, 1.54) is 0 Å². The fourth-order valence-electron chi connectivity index (χ4n) is 7.43. The number of ether oxygens (including phenoxy) is 7. The van der Waals surface area contributed by atoms with Crippen LogP contribution in [0.1, 0.15) is 58.9 Å². The highest BCUT2D eigenvalue weighted by Crippen LogP contribution is 2.40. The molecule has 318 valence electrons. The van der Waals surface area contributed by atoms with Gasteiger partial charge in [0.05, 0.1) is 33.0 Å². The summed E-state index contributed by atoms with van der Waals surface area (Å²) >= 11 is 6.95. The third-order valence-electron chi connectivity index (χ3n) is 10.5. The summed E-state index contributed by atoms with van der Waals surface area (Å²) in [5.41, 5.74) is 7.00. The van der Waals surface area contributed by atoms with E-state index in [4.69, 9.17) is 44.8 Å². The van der Waals surface area contributed by atoms with Crippen LogP contribution < -0.4 is 4.74 Å². The quantitative estimate of drug-likeness (QED) is 0.0718. The van der Waals surface area contributed by atoms with Crippen molar-refractivity contribution in [2.24, 2.45) is 0 Å². The Morgan fingerprint density at radius 3 is 1.62 bits per heavy atom. The highest BCUT2D eigenvalue weighted by molar-refractivity contribution is 6.31. The van der Waals surface area contributed by atoms with Gasteiger partial charge in [-0.05, 0) is 70.5 Å². The van der Waals surface area contributed by atoms with Gasteiger partial charge in [-0.2, -0.15) is 0 Å². The smallest absolute Gasteiger partial charge is 0.228 e. The van der Waals surface area contributed by atoms with Crippen molar-refractivity contribution in [3.05, 3.63) is 208 Å². The fourth-order valence-corrected chi connectivity index (χ4v) is 7.62. The minimum atomic E-state index is -1.45. The average molecular weight is 843 g/mol. The first-order valence-corrected chi connectivity index (χ1v) is 21.3. The number of benzene rings is 6. The Morgan fingerprint density at radius 1 is 0.574 bits per heavy atom. The van der Waals surface area contributed by atoms with Crippen LogP contribution in [0.25, 0.3) is 0 Å². The second-order valence-electron chi connectivity index (χ2n) is 15.5. The van der Waals surface area contributed by atoms with Crippen molar-refractivity contribution in [2.75, 3.05) is 19.8 Å². The van der Waals surface area contributed by atoms with Crippen LogP contribution in [0.2, 0.25) is 5.02 Å². The van der Waals surface area contributed by atoms with Crippen molar-refractivity contribution < 1.29 is 38.3 Å². The Hall–Kier alpha value is -4.87. The predicted octanol–water partition coefficient (Wildman–Crippen LogP) is 10.5. The zero-order chi connectivity index (χ0) is 42.3. The predicted molar refractivity (Wildman–Crippen MR) is 237 cm³/mol. The summed E-state index contributed by atoms with van der Waals surface area (Å²) in [7, 11) is 0. The first-order chi connectivity index (χ1) is 29.8. The second-order valence-corrected chi connectivity index (χ2v) is 15.9. The van der Waals surface area contributed by atoms with Gasteiger partial charge in [-0.1, -0.05) is 157 Å². The monoisotopic (exact) mass is 842 g/mol. The molecule has 0 amide bonds. The first kappa shape index (κ1) is 44.2. The Labute approximate surface area is 364 Å². The molecule has 0 bridgehead atoms. The molecule has 8 nitrogen and oxygen atoms in total. The molecule has 1 aliphatic heterocycles. The fraction of sp³-hybridized carbons (Fsp3) is 0.308. The molecule has 7 rings (SSSR count). The standard InChI is InChI=1S/C52H55ClO8/c1-3-55-37-52(2,54)61-45-27-24-38(25-28-45)30-44-31-43(26-29-46(44)53)48-50(58-34-41-20-12-6-13-21-41)51(59-35-42-22-14-7-15-23-42)49(57-33-40-18-10-5-11-19-40)47(60-48)36-56-32-39-16-8-4-9-17-39/h4-29,31,47-51,54H,3,30,32-37H2,1-2H3/t47-,48+,49-,50+,51+,52+/m1/s1. The van der Waals surface area contributed by atoms with E-state index < -0.39 is 36.3 Å². The van der Waals surface area contributed by atoms with E-state index in [-0.39, 0.29) is 13.2 Å². The maximum atomic E-state index is 10.6. The van der Waals surface area contributed by atoms with E-state index in [2.05, 4.69) is 54.6 Å². The van der Waals surface area contributed by atoms with Gasteiger partial charge >= 0.3 is 0 Å². The molecule has 61 heavy (non-hydrogen) atoms. The third kappa shape index (κ3) is 13.1. The molecule has 6 aromatic rings. The molecular formula is C52H55ClO8. The summed E-state index contributed by atoms with van der Waals surface area (Å²) in [5.74, 6) is -0.916. The van der Waals surface area contributed by atoms with Gasteiger partial charge in [0.2, 0.25) is 5.79 Å². The highest BCUT2D eigenvalue weighted by atomic mass is 35.5. The summed E-state index contributed by atoms with van der Waals surface area (Å²) in [4.78, 5) is 0. The second kappa shape index (κ2) is 22.3. The molecule has 1 saturated heterocycles. The van der Waals surface area contributed by atoms with Crippen LogP contribution in [0.15, 0.2) is 164 Å². The van der Waals surface area contributed by atoms with Gasteiger partial charge in [0.1, 0.15) is 42.9 Å². The van der Waals surface area contributed by atoms with Crippen LogP contribution in [-0.2, 0) is 61.3 Å². The molecule has 1 fully saturated rings. The molecule has 1 aliphatic rings. The molecule has 9 heteroatoms. The van der Waals surface area contributed by atoms with E-state index in [0.717, 1.165) is 38.9 Å². The van der Waals surface area contributed by atoms with Gasteiger partial charge in [0.15, 0.2) is 0 Å². The SMILES string of the molecule is CCOC[C@@](C)(O)Oc1ccc(Cc2cc([C@@H]3O[C@H](COCc4ccccc4)[C@@H](OCc4ccccc4)[C@H](OCc4ccccc4)[C@H]3OCc3ccccc3)ccc2Cl)cc1. The normalized spacial score (nSPS) is 19.9. The average Bonchev–Trinajstić information content (AvgIpc) is 3.29. The van der Waals surface area contributed by atoms with Crippen LogP contribution in [0.5, 0.6) is 5.75 Å². The first-order valence-electron chi connectivity index (χ1n) is 20.9. The van der Waals surface area contributed by atoms with Gasteiger partial charge in [0, 0.05) is 18.6 Å². The van der Waals surface area contributed by atoms with Crippen LogP contribution in [0, 0.1) is 0 Å². The molecule has 1 heterocycles. The maximum absolute atomic E-state index is 10.6. The molecule has 0 radical (unpaired) electrons. The summed E-state index contributed by atoms with van der Waals surface area (Å²) in [6.45, 7) is 5.71. The lowest BCUT2D eigenvalue weighted by molar-refractivity contribution is -0.275. The molecule has 0 spiro atoms. The number of rotatable bonds is 21. The van der Waals surface area contributed by atoms with Gasteiger partial charge < -0.3 is 38.3 Å². The molecule has 1 N–H and O–H groups in total. The zero-order valence-corrected chi connectivity index (χ0v) is 35.6. The Morgan fingerprint density at radius 2 is 1.08 bits per heavy atom. The number of hydrogen-bond donors (Lipinski definition) is 1. The minimum absolute atomic E-state index is 0.0605. The van der Waals surface area contributed by atoms with E-state index in [0.29, 0.717) is 50.2 Å². The van der Waals surface area contributed by atoms with Gasteiger partial charge in [0.25, 0.3) is 0 Å². The van der Waals surface area contributed by atoms with Crippen molar-refractivity contribution in [1.29, 1.82) is 0 Å². The molecular weight excluding hydrogens is 788 g/mol. The van der Waals surface area contributed by atoms with E-state index in [9.17, 15) is 5.11 Å². The molecule has 0 aliphatic carbocycles. The van der Waals surface area contributed by atoms with Crippen LogP contribution in [-0.4, -0.2) is 55.1 Å². The molecule has 6 aromatic carbocycles. The van der Waals surface area contributed by atoms with Crippen molar-refractivity contribution in [2.45, 2.75) is 83.0 Å². The van der Waals surface area contributed by atoms with Gasteiger partial charge in [-0.3, -0.25) is 0 Å². The lowest BCUT2D eigenvalue weighted by Crippen LogP contribution is -2.58. The molecule has 0 aromatic heterocycles. The van der Waals surface area contributed by atoms with Crippen molar-refractivity contribution in [3.8, 4) is 5.75 Å². The van der Waals surface area contributed by atoms with Crippen LogP contribution >= 0.6 is 11.6 Å². The lowest BCUT2D eigenvalue weighted by Gasteiger charge is -2.46. The van der Waals surface area contributed by atoms with Crippen molar-refractivity contribution in [1.82, 2.24) is 0 Å². The Kier molecular flexibility index (Phi) is 16.1. The zero-order valence-electron chi connectivity index (χ0n) is 34.8. The van der Waals surface area contributed by atoms with Crippen LogP contribution in [0.4, 0.5) is 0 Å². The minimum Gasteiger partial charge on any atom is -0.460 e. The topological polar surface area (TPSA) is 84.8 Å². The third-order valence-corrected chi connectivity index (χ3v) is 10.9. The number of hydrogen-bond acceptors (Lipinski definition) is 8. The van der Waals surface area contributed by atoms with Crippen LogP contribution in [0.3, 0.4) is 0 Å². The Balaban J connectivity index is 1.22. The van der Waals surface area contributed by atoms with Gasteiger partial charge in [-0.25, -0.2) is 0 Å². The van der Waals surface area contributed by atoms with Crippen molar-refractivity contribution in [3.63, 3.8) is 0 Å². The van der Waals surface area contributed by atoms with E-state index in [1.54, 1.807) is 6.92 Å². The summed E-state index contributed by atoms with van der Waals surface area (Å²) in [6.07, 6.45) is -2.27. The lowest BCUT2D eigenvalue weighted by atomic mass is 9.89. The van der Waals surface area contributed by atoms with E-state index in [1.807, 2.05) is 116 Å². The molecule has 6 atom stereocenters. The number of halogens is 1. The maximum Gasteiger partial charge on any atom is 0.228 e. The highest BCUT2D eigenvalue weighted by Gasteiger charge is 2.49. The number of aliphatic hydroxyl groups is 1. The van der Waals surface area contributed by atoms with Crippen molar-refractivity contribution >= 4 is 11.6 Å².